The Hall–Kier alpha value is -0.170. The van der Waals surface area contributed by atoms with Crippen LogP contribution >= 0.6 is 0 Å². The highest BCUT2D eigenvalue weighted by Gasteiger charge is 2.22. The molecular formula is C9H21N3O2S. The zero-order chi connectivity index (χ0) is 11.5. The molecule has 2 unspecified atom stereocenters. The molecule has 2 atom stereocenters. The van der Waals surface area contributed by atoms with E-state index in [1.54, 1.807) is 0 Å². The Balaban J connectivity index is 2.23. The average molecular weight is 235 g/mol. The maximum absolute atomic E-state index is 10.8. The van der Waals surface area contributed by atoms with Gasteiger partial charge in [-0.3, -0.25) is 0 Å². The van der Waals surface area contributed by atoms with Gasteiger partial charge in [-0.2, -0.15) is 0 Å². The summed E-state index contributed by atoms with van der Waals surface area (Å²) in [5.74, 6) is 0.497. The Morgan fingerprint density at radius 1 is 1.53 bits per heavy atom. The predicted octanol–water partition coefficient (Wildman–Crippen LogP) is -0.795. The summed E-state index contributed by atoms with van der Waals surface area (Å²) in [6.45, 7) is 5.33. The molecule has 0 radical (unpaired) electrons. The molecule has 5 nitrogen and oxygen atoms in total. The second-order valence-electron chi connectivity index (χ2n) is 4.40. The first kappa shape index (κ1) is 12.9. The summed E-state index contributed by atoms with van der Waals surface area (Å²) < 4.78 is 24.2. The molecular weight excluding hydrogens is 214 g/mol. The van der Waals surface area contributed by atoms with E-state index in [1.807, 2.05) is 0 Å². The van der Waals surface area contributed by atoms with Crippen molar-refractivity contribution in [3.8, 4) is 0 Å². The molecule has 0 aromatic rings. The zero-order valence-corrected chi connectivity index (χ0v) is 10.3. The Kier molecular flexibility index (Phi) is 4.51. The van der Waals surface area contributed by atoms with Crippen molar-refractivity contribution in [3.05, 3.63) is 0 Å². The fraction of sp³-hybridized carbons (Fsp3) is 1.00. The minimum absolute atomic E-state index is 0.295. The van der Waals surface area contributed by atoms with E-state index in [-0.39, 0.29) is 0 Å². The summed E-state index contributed by atoms with van der Waals surface area (Å²) in [5.41, 5.74) is 5.90. The van der Waals surface area contributed by atoms with E-state index < -0.39 is 10.0 Å². The van der Waals surface area contributed by atoms with Crippen LogP contribution in [0, 0.1) is 5.92 Å². The van der Waals surface area contributed by atoms with Crippen molar-refractivity contribution < 1.29 is 8.42 Å². The Labute approximate surface area is 92.1 Å². The van der Waals surface area contributed by atoms with Crippen LogP contribution in [0.5, 0.6) is 0 Å². The number of hydrogen-bond acceptors (Lipinski definition) is 4. The number of sulfonamides is 1. The maximum Gasteiger partial charge on any atom is 0.208 e. The van der Waals surface area contributed by atoms with Gasteiger partial charge in [-0.25, -0.2) is 13.1 Å². The van der Waals surface area contributed by atoms with Gasteiger partial charge < -0.3 is 10.6 Å². The largest absolute Gasteiger partial charge is 0.327 e. The lowest BCUT2D eigenvalue weighted by molar-refractivity contribution is 0.167. The SMILES string of the molecule is CC1CN(CCNS(C)(=O)=O)CCC1N. The molecule has 6 heteroatoms. The monoisotopic (exact) mass is 235 g/mol. The van der Waals surface area contributed by atoms with E-state index in [9.17, 15) is 8.42 Å². The molecule has 1 aliphatic rings. The second-order valence-corrected chi connectivity index (χ2v) is 6.23. The Morgan fingerprint density at radius 2 is 2.20 bits per heavy atom. The van der Waals surface area contributed by atoms with Crippen LogP contribution < -0.4 is 10.5 Å². The summed E-state index contributed by atoms with van der Waals surface area (Å²) in [4.78, 5) is 2.26. The van der Waals surface area contributed by atoms with Crippen molar-refractivity contribution in [2.24, 2.45) is 11.7 Å². The van der Waals surface area contributed by atoms with Gasteiger partial charge in [0, 0.05) is 25.7 Å². The highest BCUT2D eigenvalue weighted by atomic mass is 32.2. The molecule has 1 saturated heterocycles. The lowest BCUT2D eigenvalue weighted by Crippen LogP contribution is -2.47. The van der Waals surface area contributed by atoms with Crippen molar-refractivity contribution >= 4 is 10.0 Å². The quantitative estimate of drug-likeness (QED) is 0.669. The smallest absolute Gasteiger partial charge is 0.208 e. The van der Waals surface area contributed by atoms with E-state index in [0.29, 0.717) is 18.5 Å². The van der Waals surface area contributed by atoms with Crippen LogP contribution in [0.1, 0.15) is 13.3 Å². The van der Waals surface area contributed by atoms with Gasteiger partial charge in [-0.05, 0) is 18.9 Å². The number of nitrogens with one attached hydrogen (secondary N) is 1. The lowest BCUT2D eigenvalue weighted by atomic mass is 9.95. The van der Waals surface area contributed by atoms with Crippen LogP contribution in [0.15, 0.2) is 0 Å². The van der Waals surface area contributed by atoms with Crippen LogP contribution in [0.25, 0.3) is 0 Å². The molecule has 1 rings (SSSR count). The highest BCUT2D eigenvalue weighted by Crippen LogP contribution is 2.13. The number of nitrogens with zero attached hydrogens (tertiary/aromatic N) is 1. The van der Waals surface area contributed by atoms with Gasteiger partial charge >= 0.3 is 0 Å². The highest BCUT2D eigenvalue weighted by molar-refractivity contribution is 7.88. The standard InChI is InChI=1S/C9H21N3O2S/c1-8-7-12(5-3-9(8)10)6-4-11-15(2,13)14/h8-9,11H,3-7,10H2,1-2H3. The second kappa shape index (κ2) is 5.25. The van der Waals surface area contributed by atoms with Crippen molar-refractivity contribution in [2.75, 3.05) is 32.4 Å². The molecule has 0 amide bonds. The van der Waals surface area contributed by atoms with Crippen LogP contribution in [0.4, 0.5) is 0 Å². The van der Waals surface area contributed by atoms with Crippen LogP contribution in [0.2, 0.25) is 0 Å². The molecule has 0 bridgehead atoms. The van der Waals surface area contributed by atoms with E-state index in [0.717, 1.165) is 26.1 Å². The molecule has 1 aliphatic heterocycles. The van der Waals surface area contributed by atoms with Crippen molar-refractivity contribution in [1.29, 1.82) is 0 Å². The van der Waals surface area contributed by atoms with Gasteiger partial charge in [0.2, 0.25) is 10.0 Å². The van der Waals surface area contributed by atoms with Crippen LogP contribution in [0.3, 0.4) is 0 Å². The summed E-state index contributed by atoms with van der Waals surface area (Å²) >= 11 is 0. The summed E-state index contributed by atoms with van der Waals surface area (Å²) in [6, 6.07) is 0.295. The van der Waals surface area contributed by atoms with E-state index >= 15 is 0 Å². The molecule has 3 N–H and O–H groups in total. The van der Waals surface area contributed by atoms with Gasteiger partial charge in [0.1, 0.15) is 0 Å². The summed E-state index contributed by atoms with van der Waals surface area (Å²) in [6.07, 6.45) is 2.18. The third-order valence-electron chi connectivity index (χ3n) is 2.85. The van der Waals surface area contributed by atoms with Crippen molar-refractivity contribution in [2.45, 2.75) is 19.4 Å². The maximum atomic E-state index is 10.8. The minimum Gasteiger partial charge on any atom is -0.327 e. The normalized spacial score (nSPS) is 29.3. The number of nitrogens with two attached hydrogens (primary N) is 1. The third kappa shape index (κ3) is 4.92. The van der Waals surface area contributed by atoms with E-state index in [2.05, 4.69) is 16.5 Å². The number of rotatable bonds is 4. The molecule has 1 heterocycles. The van der Waals surface area contributed by atoms with E-state index in [4.69, 9.17) is 5.73 Å². The van der Waals surface area contributed by atoms with Gasteiger partial charge in [0.25, 0.3) is 0 Å². The Bertz CT molecular complexity index is 292. The van der Waals surface area contributed by atoms with E-state index in [1.165, 1.54) is 6.26 Å². The first-order valence-electron chi connectivity index (χ1n) is 5.31. The lowest BCUT2D eigenvalue weighted by Gasteiger charge is -2.34. The predicted molar refractivity (Wildman–Crippen MR) is 61.0 cm³/mol. The topological polar surface area (TPSA) is 75.4 Å². The number of piperidine rings is 1. The molecule has 0 aromatic heterocycles. The summed E-state index contributed by atoms with van der Waals surface area (Å²) in [5, 5.41) is 0. The van der Waals surface area contributed by atoms with Gasteiger partial charge in [-0.15, -0.1) is 0 Å². The Morgan fingerprint density at radius 3 is 2.73 bits per heavy atom. The molecule has 0 aliphatic carbocycles. The molecule has 15 heavy (non-hydrogen) atoms. The molecule has 1 fully saturated rings. The van der Waals surface area contributed by atoms with Gasteiger partial charge in [0.05, 0.1) is 6.26 Å². The van der Waals surface area contributed by atoms with Crippen molar-refractivity contribution in [3.63, 3.8) is 0 Å². The van der Waals surface area contributed by atoms with Gasteiger partial charge in [-0.1, -0.05) is 6.92 Å². The van der Waals surface area contributed by atoms with Crippen molar-refractivity contribution in [1.82, 2.24) is 9.62 Å². The zero-order valence-electron chi connectivity index (χ0n) is 9.44. The summed E-state index contributed by atoms with van der Waals surface area (Å²) in [7, 11) is -3.05. The molecule has 0 saturated carbocycles. The van der Waals surface area contributed by atoms with Crippen LogP contribution in [-0.4, -0.2) is 51.8 Å². The first-order chi connectivity index (χ1) is 6.88. The molecule has 90 valence electrons. The average Bonchev–Trinajstić information content (AvgIpc) is 2.09. The fourth-order valence-electron chi connectivity index (χ4n) is 1.84. The fourth-order valence-corrected chi connectivity index (χ4v) is 2.30. The van der Waals surface area contributed by atoms with Crippen LogP contribution in [-0.2, 0) is 10.0 Å². The molecule has 0 spiro atoms. The first-order valence-corrected chi connectivity index (χ1v) is 7.20. The minimum atomic E-state index is -3.05. The number of likely N-dealkylation sites (tertiary alicyclic amines) is 1. The third-order valence-corrected chi connectivity index (χ3v) is 3.58. The van der Waals surface area contributed by atoms with Gasteiger partial charge in [0.15, 0.2) is 0 Å². The molecule has 0 aromatic carbocycles. The number of hydrogen-bond donors (Lipinski definition) is 2.